The Morgan fingerprint density at radius 2 is 1.57 bits per heavy atom. The maximum atomic E-state index is 13.1. The molecule has 7 nitrogen and oxygen atoms in total. The normalized spacial score (nSPS) is 10.4. The topological polar surface area (TPSA) is 81.6 Å². The molecule has 0 fully saturated rings. The Balaban J connectivity index is 1.96. The highest BCUT2D eigenvalue weighted by molar-refractivity contribution is 6.08. The summed E-state index contributed by atoms with van der Waals surface area (Å²) in [5, 5.41) is 5.61. The third-order valence-electron chi connectivity index (χ3n) is 4.77. The number of anilines is 2. The van der Waals surface area contributed by atoms with Crippen molar-refractivity contribution in [1.82, 2.24) is 4.57 Å². The minimum absolute atomic E-state index is 0.230. The van der Waals surface area contributed by atoms with E-state index in [-0.39, 0.29) is 11.8 Å². The molecular weight excluding hydrogens is 382 g/mol. The molecule has 0 bridgehead atoms. The first-order valence-electron chi connectivity index (χ1n) is 9.44. The van der Waals surface area contributed by atoms with Crippen molar-refractivity contribution in [3.63, 3.8) is 0 Å². The van der Waals surface area contributed by atoms with Crippen LogP contribution in [0.3, 0.4) is 0 Å². The van der Waals surface area contributed by atoms with Gasteiger partial charge in [-0.25, -0.2) is 0 Å². The first kappa shape index (κ1) is 21.0. The van der Waals surface area contributed by atoms with Crippen LogP contribution in [0.5, 0.6) is 11.5 Å². The Morgan fingerprint density at radius 3 is 2.23 bits per heavy atom. The number of methoxy groups -OCH3 is 2. The second-order valence-corrected chi connectivity index (χ2v) is 6.87. The van der Waals surface area contributed by atoms with Crippen LogP contribution in [0, 0.1) is 13.8 Å². The van der Waals surface area contributed by atoms with E-state index in [1.54, 1.807) is 32.4 Å². The molecule has 0 spiro atoms. The van der Waals surface area contributed by atoms with E-state index >= 15 is 0 Å². The highest BCUT2D eigenvalue weighted by atomic mass is 16.5. The first-order chi connectivity index (χ1) is 14.3. The Kier molecular flexibility index (Phi) is 6.11. The molecule has 0 aliphatic rings. The summed E-state index contributed by atoms with van der Waals surface area (Å²) in [6.07, 6.45) is 0. The van der Waals surface area contributed by atoms with Crippen LogP contribution in [-0.4, -0.2) is 30.6 Å². The van der Waals surface area contributed by atoms with Crippen molar-refractivity contribution in [3.8, 4) is 17.2 Å². The molecule has 156 valence electrons. The summed E-state index contributed by atoms with van der Waals surface area (Å²) in [6, 6.07) is 14.6. The number of hydrogen-bond donors (Lipinski definition) is 2. The Hall–Kier alpha value is -3.74. The van der Waals surface area contributed by atoms with Crippen molar-refractivity contribution >= 4 is 23.2 Å². The van der Waals surface area contributed by atoms with E-state index in [4.69, 9.17) is 9.47 Å². The van der Waals surface area contributed by atoms with Crippen molar-refractivity contribution in [3.05, 3.63) is 65.5 Å². The number of carbonyl (C=O) groups excluding carboxylic acids is 2. The number of benzene rings is 2. The zero-order chi connectivity index (χ0) is 21.8. The molecule has 0 saturated carbocycles. The lowest BCUT2D eigenvalue weighted by atomic mass is 10.2. The van der Waals surface area contributed by atoms with Crippen LogP contribution in [-0.2, 0) is 4.79 Å². The first-order valence-corrected chi connectivity index (χ1v) is 9.44. The molecule has 2 amide bonds. The summed E-state index contributed by atoms with van der Waals surface area (Å²) in [4.78, 5) is 24.6. The SMILES string of the molecule is COc1cccc(-n2c(C)cc(C(=O)Nc3cc(OC)ccc3NC(C)=O)c2C)c1. The number of aryl methyl sites for hydroxylation is 1. The van der Waals surface area contributed by atoms with Gasteiger partial charge in [-0.2, -0.15) is 0 Å². The number of carbonyl (C=O) groups is 2. The third kappa shape index (κ3) is 4.30. The molecule has 2 aromatic carbocycles. The van der Waals surface area contributed by atoms with Gasteiger partial charge in [-0.3, -0.25) is 9.59 Å². The number of nitrogens with one attached hydrogen (secondary N) is 2. The second-order valence-electron chi connectivity index (χ2n) is 6.87. The molecule has 0 aliphatic heterocycles. The van der Waals surface area contributed by atoms with E-state index in [0.29, 0.717) is 22.7 Å². The smallest absolute Gasteiger partial charge is 0.257 e. The fourth-order valence-electron chi connectivity index (χ4n) is 3.38. The lowest BCUT2D eigenvalue weighted by Crippen LogP contribution is -2.16. The fourth-order valence-corrected chi connectivity index (χ4v) is 3.38. The molecule has 30 heavy (non-hydrogen) atoms. The van der Waals surface area contributed by atoms with Gasteiger partial charge in [-0.05, 0) is 44.2 Å². The van der Waals surface area contributed by atoms with Crippen molar-refractivity contribution in [2.24, 2.45) is 0 Å². The quantitative estimate of drug-likeness (QED) is 0.638. The van der Waals surface area contributed by atoms with Crippen molar-refractivity contribution in [2.45, 2.75) is 20.8 Å². The largest absolute Gasteiger partial charge is 0.497 e. The van der Waals surface area contributed by atoms with Crippen LogP contribution in [0.1, 0.15) is 28.7 Å². The van der Waals surface area contributed by atoms with Crippen molar-refractivity contribution < 1.29 is 19.1 Å². The van der Waals surface area contributed by atoms with Crippen LogP contribution in [0.15, 0.2) is 48.5 Å². The van der Waals surface area contributed by atoms with E-state index in [1.807, 2.05) is 48.7 Å². The van der Waals surface area contributed by atoms with Gasteiger partial charge in [0.2, 0.25) is 5.91 Å². The van der Waals surface area contributed by atoms with E-state index in [2.05, 4.69) is 10.6 Å². The maximum Gasteiger partial charge on any atom is 0.257 e. The Morgan fingerprint density at radius 1 is 0.867 bits per heavy atom. The van der Waals surface area contributed by atoms with E-state index in [9.17, 15) is 9.59 Å². The standard InChI is InChI=1S/C23H25N3O4/c1-14-11-20(15(2)26(14)17-7-6-8-18(12-17)29-4)23(28)25-22-13-19(30-5)9-10-21(22)24-16(3)27/h6-13H,1-5H3,(H,24,27)(H,25,28). The molecule has 0 aliphatic carbocycles. The summed E-state index contributed by atoms with van der Waals surface area (Å²) in [7, 11) is 3.16. The van der Waals surface area contributed by atoms with Crippen molar-refractivity contribution in [1.29, 1.82) is 0 Å². The van der Waals surface area contributed by atoms with Gasteiger partial charge in [0.25, 0.3) is 5.91 Å². The van der Waals surface area contributed by atoms with Gasteiger partial charge in [0.15, 0.2) is 0 Å². The summed E-state index contributed by atoms with van der Waals surface area (Å²) in [5.41, 5.74) is 4.11. The van der Waals surface area contributed by atoms with Crippen LogP contribution in [0.25, 0.3) is 5.69 Å². The number of rotatable bonds is 6. The minimum Gasteiger partial charge on any atom is -0.497 e. The molecule has 1 heterocycles. The second kappa shape index (κ2) is 8.73. The lowest BCUT2D eigenvalue weighted by Gasteiger charge is -2.14. The minimum atomic E-state index is -0.280. The average molecular weight is 407 g/mol. The predicted molar refractivity (Wildman–Crippen MR) is 117 cm³/mol. The number of hydrogen-bond acceptors (Lipinski definition) is 4. The average Bonchev–Trinajstić information content (AvgIpc) is 3.03. The van der Waals surface area contributed by atoms with Gasteiger partial charge >= 0.3 is 0 Å². The van der Waals surface area contributed by atoms with E-state index in [0.717, 1.165) is 22.8 Å². The number of nitrogens with zero attached hydrogens (tertiary/aromatic N) is 1. The van der Waals surface area contributed by atoms with Gasteiger partial charge in [0, 0.05) is 36.1 Å². The number of amides is 2. The van der Waals surface area contributed by atoms with Gasteiger partial charge in [-0.1, -0.05) is 6.07 Å². The van der Waals surface area contributed by atoms with E-state index in [1.165, 1.54) is 6.92 Å². The highest BCUT2D eigenvalue weighted by Crippen LogP contribution is 2.29. The zero-order valence-electron chi connectivity index (χ0n) is 17.7. The molecule has 0 saturated heterocycles. The van der Waals surface area contributed by atoms with Gasteiger partial charge in [0.1, 0.15) is 11.5 Å². The van der Waals surface area contributed by atoms with Crippen LogP contribution in [0.2, 0.25) is 0 Å². The maximum absolute atomic E-state index is 13.1. The predicted octanol–water partition coefficient (Wildman–Crippen LogP) is 4.32. The summed E-state index contributed by atoms with van der Waals surface area (Å²) in [6.45, 7) is 5.25. The monoisotopic (exact) mass is 407 g/mol. The van der Waals surface area contributed by atoms with Crippen LogP contribution >= 0.6 is 0 Å². The summed E-state index contributed by atoms with van der Waals surface area (Å²) < 4.78 is 12.6. The van der Waals surface area contributed by atoms with E-state index < -0.39 is 0 Å². The van der Waals surface area contributed by atoms with Crippen molar-refractivity contribution in [2.75, 3.05) is 24.9 Å². The van der Waals surface area contributed by atoms with Crippen LogP contribution < -0.4 is 20.1 Å². The van der Waals surface area contributed by atoms with Gasteiger partial charge in [0.05, 0.1) is 31.2 Å². The Bertz CT molecular complexity index is 1100. The number of ether oxygens (including phenoxy) is 2. The summed E-state index contributed by atoms with van der Waals surface area (Å²) >= 11 is 0. The molecular formula is C23H25N3O4. The molecule has 1 aromatic heterocycles. The summed E-state index contributed by atoms with van der Waals surface area (Å²) in [5.74, 6) is 0.799. The Labute approximate surface area is 175 Å². The zero-order valence-corrected chi connectivity index (χ0v) is 17.7. The lowest BCUT2D eigenvalue weighted by molar-refractivity contribution is -0.114. The molecule has 2 N–H and O–H groups in total. The molecule has 0 atom stereocenters. The third-order valence-corrected chi connectivity index (χ3v) is 4.77. The van der Waals surface area contributed by atoms with Gasteiger partial charge < -0.3 is 24.7 Å². The molecule has 7 heteroatoms. The molecule has 0 radical (unpaired) electrons. The van der Waals surface area contributed by atoms with Gasteiger partial charge in [-0.15, -0.1) is 0 Å². The number of aromatic nitrogens is 1. The highest BCUT2D eigenvalue weighted by Gasteiger charge is 2.19. The molecule has 3 rings (SSSR count). The molecule has 3 aromatic rings. The molecule has 0 unspecified atom stereocenters. The fraction of sp³-hybridized carbons (Fsp3) is 0.217. The van der Waals surface area contributed by atoms with Crippen LogP contribution in [0.4, 0.5) is 11.4 Å².